The highest BCUT2D eigenvalue weighted by Gasteiger charge is 2.45. The van der Waals surface area contributed by atoms with Crippen LogP contribution < -0.4 is 20.4 Å². The fourth-order valence-corrected chi connectivity index (χ4v) is 4.33. The third-order valence-corrected chi connectivity index (χ3v) is 6.29. The number of anilines is 2. The van der Waals surface area contributed by atoms with E-state index in [9.17, 15) is 23.6 Å². The molecule has 3 amide bonds. The molecule has 10 nitrogen and oxygen atoms in total. The zero-order valence-corrected chi connectivity index (χ0v) is 22.4. The van der Waals surface area contributed by atoms with E-state index in [-0.39, 0.29) is 29.3 Å². The number of hydrogen-bond donors (Lipinski definition) is 2. The van der Waals surface area contributed by atoms with Gasteiger partial charge in [0.25, 0.3) is 11.8 Å². The van der Waals surface area contributed by atoms with E-state index >= 15 is 0 Å². The van der Waals surface area contributed by atoms with Gasteiger partial charge < -0.3 is 14.8 Å². The molecule has 0 bridgehead atoms. The van der Waals surface area contributed by atoms with Gasteiger partial charge in [-0.3, -0.25) is 24.7 Å². The van der Waals surface area contributed by atoms with Crippen LogP contribution in [-0.4, -0.2) is 53.6 Å². The van der Waals surface area contributed by atoms with E-state index in [0.717, 1.165) is 16.0 Å². The smallest absolute Gasteiger partial charge is 0.338 e. The average Bonchev–Trinajstić information content (AvgIpc) is 3.17. The number of hydrogen-bond acceptors (Lipinski definition) is 7. The van der Waals surface area contributed by atoms with Crippen molar-refractivity contribution in [2.24, 2.45) is 0 Å². The number of thiocarbonyl (C=S) groups is 1. The number of carbonyl (C=O) groups is 4. The summed E-state index contributed by atoms with van der Waals surface area (Å²) in [7, 11) is 1.52. The van der Waals surface area contributed by atoms with Crippen molar-refractivity contribution >= 4 is 52.4 Å². The number of methoxy groups -OCH3 is 1. The Bertz CT molecular complexity index is 1450. The Labute approximate surface area is 234 Å². The molecule has 1 atom stereocenters. The van der Waals surface area contributed by atoms with Crippen LogP contribution in [0.4, 0.5) is 15.8 Å². The van der Waals surface area contributed by atoms with Gasteiger partial charge in [0, 0.05) is 11.3 Å². The van der Waals surface area contributed by atoms with Gasteiger partial charge in [0.05, 0.1) is 31.4 Å². The summed E-state index contributed by atoms with van der Waals surface area (Å²) in [5.41, 5.74) is 3.59. The quantitative estimate of drug-likeness (QED) is 0.299. The number of nitrogens with one attached hydrogen (secondary N) is 2. The first-order valence-corrected chi connectivity index (χ1v) is 12.6. The van der Waals surface area contributed by atoms with Crippen LogP contribution in [-0.2, 0) is 14.3 Å². The minimum absolute atomic E-state index is 0.00563. The fraction of sp³-hybridized carbons (Fsp3) is 0.179. The minimum Gasteiger partial charge on any atom is -0.497 e. The van der Waals surface area contributed by atoms with Crippen molar-refractivity contribution in [3.05, 3.63) is 89.7 Å². The largest absolute Gasteiger partial charge is 0.497 e. The van der Waals surface area contributed by atoms with Gasteiger partial charge in [-0.25, -0.2) is 14.2 Å². The SMILES string of the molecule is CCOC(=O)c1ccc(N2C(=O)C(CC(=O)Nc3ccc(OC)cc3)N(NC(=O)c3cccc(F)c3)C2=S)cc1. The van der Waals surface area contributed by atoms with E-state index in [4.69, 9.17) is 21.7 Å². The number of rotatable bonds is 9. The van der Waals surface area contributed by atoms with Crippen LogP contribution in [0.5, 0.6) is 5.75 Å². The van der Waals surface area contributed by atoms with Crippen LogP contribution in [0.2, 0.25) is 0 Å². The lowest BCUT2D eigenvalue weighted by Gasteiger charge is -2.24. The third-order valence-electron chi connectivity index (χ3n) is 5.91. The highest BCUT2D eigenvalue weighted by molar-refractivity contribution is 7.80. The molecule has 3 aromatic rings. The van der Waals surface area contributed by atoms with Crippen LogP contribution in [0.3, 0.4) is 0 Å². The summed E-state index contributed by atoms with van der Waals surface area (Å²) >= 11 is 5.53. The first-order valence-electron chi connectivity index (χ1n) is 12.2. The maximum atomic E-state index is 13.7. The Kier molecular flexibility index (Phi) is 8.70. The summed E-state index contributed by atoms with van der Waals surface area (Å²) in [6, 6.07) is 16.3. The predicted molar refractivity (Wildman–Crippen MR) is 148 cm³/mol. The molecule has 0 radical (unpaired) electrons. The van der Waals surface area contributed by atoms with Crippen molar-refractivity contribution in [1.82, 2.24) is 10.4 Å². The molecule has 1 fully saturated rings. The van der Waals surface area contributed by atoms with Gasteiger partial charge in [-0.1, -0.05) is 6.07 Å². The molecule has 1 aliphatic heterocycles. The molecule has 12 heteroatoms. The predicted octanol–water partition coefficient (Wildman–Crippen LogP) is 3.69. The second-order valence-electron chi connectivity index (χ2n) is 8.54. The Balaban J connectivity index is 1.59. The van der Waals surface area contributed by atoms with Gasteiger partial charge in [-0.15, -0.1) is 0 Å². The molecule has 1 saturated heterocycles. The number of carbonyl (C=O) groups excluding carboxylic acids is 4. The van der Waals surface area contributed by atoms with Crippen LogP contribution in [0.15, 0.2) is 72.8 Å². The monoisotopic (exact) mass is 564 g/mol. The Hall–Kier alpha value is -4.84. The normalized spacial score (nSPS) is 14.6. The Morgan fingerprint density at radius 1 is 1.00 bits per heavy atom. The highest BCUT2D eigenvalue weighted by Crippen LogP contribution is 2.27. The molecule has 0 aliphatic carbocycles. The lowest BCUT2D eigenvalue weighted by atomic mass is 10.1. The van der Waals surface area contributed by atoms with E-state index in [2.05, 4.69) is 10.7 Å². The molecule has 0 aromatic heterocycles. The van der Waals surface area contributed by atoms with E-state index in [1.165, 1.54) is 49.6 Å². The lowest BCUT2D eigenvalue weighted by Crippen LogP contribution is -2.49. The second kappa shape index (κ2) is 12.3. The molecule has 4 rings (SSSR count). The molecule has 1 unspecified atom stereocenters. The number of ether oxygens (including phenoxy) is 2. The molecule has 0 saturated carbocycles. The van der Waals surface area contributed by atoms with Gasteiger partial charge >= 0.3 is 5.97 Å². The van der Waals surface area contributed by atoms with Crippen LogP contribution in [0.1, 0.15) is 34.1 Å². The van der Waals surface area contributed by atoms with E-state index in [1.807, 2.05) is 0 Å². The van der Waals surface area contributed by atoms with Gasteiger partial charge in [-0.05, 0) is 85.9 Å². The Morgan fingerprint density at radius 3 is 2.33 bits per heavy atom. The summed E-state index contributed by atoms with van der Waals surface area (Å²) in [6.45, 7) is 1.89. The second-order valence-corrected chi connectivity index (χ2v) is 8.91. The van der Waals surface area contributed by atoms with E-state index < -0.39 is 35.5 Å². The Morgan fingerprint density at radius 2 is 1.70 bits per heavy atom. The minimum atomic E-state index is -1.21. The van der Waals surface area contributed by atoms with Gasteiger partial charge in [0.1, 0.15) is 17.6 Å². The van der Waals surface area contributed by atoms with Gasteiger partial charge in [-0.2, -0.15) is 0 Å². The fourth-order valence-electron chi connectivity index (χ4n) is 3.96. The molecule has 2 N–H and O–H groups in total. The van der Waals surface area contributed by atoms with E-state index in [1.54, 1.807) is 31.2 Å². The van der Waals surface area contributed by atoms with Crippen LogP contribution in [0, 0.1) is 5.82 Å². The van der Waals surface area contributed by atoms with Crippen molar-refractivity contribution in [2.75, 3.05) is 23.9 Å². The van der Waals surface area contributed by atoms with Crippen molar-refractivity contribution in [1.29, 1.82) is 0 Å². The zero-order chi connectivity index (χ0) is 28.8. The lowest BCUT2D eigenvalue weighted by molar-refractivity contribution is -0.124. The van der Waals surface area contributed by atoms with Crippen LogP contribution >= 0.6 is 12.2 Å². The number of amides is 3. The first-order chi connectivity index (χ1) is 19.2. The van der Waals surface area contributed by atoms with Crippen molar-refractivity contribution in [2.45, 2.75) is 19.4 Å². The summed E-state index contributed by atoms with van der Waals surface area (Å²) in [5.74, 6) is -2.37. The van der Waals surface area contributed by atoms with Crippen molar-refractivity contribution in [3.63, 3.8) is 0 Å². The zero-order valence-electron chi connectivity index (χ0n) is 21.5. The standard InChI is InChI=1S/C28H25FN4O6S/c1-3-39-27(37)17-7-11-21(12-8-17)32-26(36)23(16-24(34)30-20-9-13-22(38-2)14-10-20)33(28(32)40)31-25(35)18-5-4-6-19(29)15-18/h4-15,23H,3,16H2,1-2H3,(H,30,34)(H,31,35). The van der Waals surface area contributed by atoms with Crippen molar-refractivity contribution < 1.29 is 33.0 Å². The highest BCUT2D eigenvalue weighted by atomic mass is 32.1. The number of halogens is 1. The number of esters is 1. The maximum absolute atomic E-state index is 13.7. The van der Waals surface area contributed by atoms with Crippen molar-refractivity contribution in [3.8, 4) is 5.75 Å². The molecule has 40 heavy (non-hydrogen) atoms. The molecule has 1 heterocycles. The topological polar surface area (TPSA) is 117 Å². The van der Waals surface area contributed by atoms with Gasteiger partial charge in [0.15, 0.2) is 0 Å². The number of benzene rings is 3. The van der Waals surface area contributed by atoms with Gasteiger partial charge in [0.2, 0.25) is 11.0 Å². The molecule has 1 aliphatic rings. The molecule has 0 spiro atoms. The molecular weight excluding hydrogens is 539 g/mol. The summed E-state index contributed by atoms with van der Waals surface area (Å²) < 4.78 is 23.8. The first kappa shape index (κ1) is 28.2. The number of nitrogens with zero attached hydrogens (tertiary/aromatic N) is 2. The maximum Gasteiger partial charge on any atom is 0.338 e. The third kappa shape index (κ3) is 6.24. The number of hydrazine groups is 1. The van der Waals surface area contributed by atoms with Crippen LogP contribution in [0.25, 0.3) is 0 Å². The molecule has 3 aromatic carbocycles. The summed E-state index contributed by atoms with van der Waals surface area (Å²) in [6.07, 6.45) is -0.369. The van der Waals surface area contributed by atoms with E-state index in [0.29, 0.717) is 17.1 Å². The summed E-state index contributed by atoms with van der Waals surface area (Å²) in [5, 5.41) is 3.70. The summed E-state index contributed by atoms with van der Waals surface area (Å²) in [4.78, 5) is 52.7. The average molecular weight is 565 g/mol. The molecular formula is C28H25FN4O6S. The molecule has 206 valence electrons.